The number of ketones is 1. The third kappa shape index (κ3) is 7.15. The van der Waals surface area contributed by atoms with Crippen LogP contribution in [0.4, 0.5) is 4.79 Å². The molecule has 0 aliphatic carbocycles. The zero-order chi connectivity index (χ0) is 26.3. The molecule has 1 heterocycles. The fourth-order valence-corrected chi connectivity index (χ4v) is 3.50. The van der Waals surface area contributed by atoms with Crippen LogP contribution in [0.5, 0.6) is 0 Å². The topological polar surface area (TPSA) is 123 Å². The van der Waals surface area contributed by atoms with E-state index in [4.69, 9.17) is 15.3 Å². The Hall–Kier alpha value is -4.69. The predicted octanol–water partition coefficient (Wildman–Crippen LogP) is 3.83. The first-order chi connectivity index (χ1) is 17.1. The molecule has 182 valence electrons. The highest BCUT2D eigenvalue weighted by molar-refractivity contribution is 6.15. The van der Waals surface area contributed by atoms with Crippen molar-refractivity contribution >= 4 is 29.9 Å². The van der Waals surface area contributed by atoms with E-state index >= 15 is 0 Å². The van der Waals surface area contributed by atoms with E-state index in [1.165, 1.54) is 4.90 Å². The van der Waals surface area contributed by atoms with Gasteiger partial charge in [0.2, 0.25) is 5.91 Å². The molecule has 0 bridgehead atoms. The van der Waals surface area contributed by atoms with Crippen molar-refractivity contribution in [1.82, 2.24) is 10.2 Å². The minimum atomic E-state index is -0.703. The van der Waals surface area contributed by atoms with Crippen LogP contribution >= 0.6 is 0 Å². The molecule has 8 nitrogen and oxygen atoms in total. The number of nitriles is 2. The molecule has 0 saturated carbocycles. The molecule has 1 aliphatic heterocycles. The molecular weight excluding hydrogens is 456 g/mol. The molecule has 1 aliphatic rings. The minimum absolute atomic E-state index is 0.0678. The maximum atomic E-state index is 13.3. The quantitative estimate of drug-likeness (QED) is 0.661. The number of likely N-dealkylation sites (tertiary alicyclic amines) is 1. The van der Waals surface area contributed by atoms with Crippen LogP contribution in [0, 0.1) is 22.7 Å². The maximum absolute atomic E-state index is 13.3. The van der Waals surface area contributed by atoms with E-state index in [9.17, 15) is 14.4 Å². The number of ether oxygens (including phenoxy) is 1. The normalized spacial score (nSPS) is 15.8. The van der Waals surface area contributed by atoms with Gasteiger partial charge in [0.05, 0.1) is 23.3 Å². The van der Waals surface area contributed by atoms with Crippen LogP contribution in [0.3, 0.4) is 0 Å². The van der Waals surface area contributed by atoms with E-state index in [1.807, 2.05) is 0 Å². The number of carbonyl (C=O) groups excluding carboxylic acids is 3. The van der Waals surface area contributed by atoms with Crippen LogP contribution in [-0.4, -0.2) is 47.9 Å². The Morgan fingerprint density at radius 1 is 0.917 bits per heavy atom. The molecule has 2 aromatic carbocycles. The van der Waals surface area contributed by atoms with E-state index in [1.54, 1.807) is 81.5 Å². The number of amides is 2. The number of alkyl carbamates (subject to hydrolysis) is 1. The van der Waals surface area contributed by atoms with Gasteiger partial charge in [-0.3, -0.25) is 9.59 Å². The molecule has 2 aromatic rings. The van der Waals surface area contributed by atoms with Crippen molar-refractivity contribution in [3.63, 3.8) is 0 Å². The van der Waals surface area contributed by atoms with Crippen LogP contribution in [0.1, 0.15) is 43.0 Å². The number of piperidine rings is 1. The lowest BCUT2D eigenvalue weighted by molar-refractivity contribution is -0.130. The number of hydrogen-bond donors (Lipinski definition) is 1. The van der Waals surface area contributed by atoms with Crippen LogP contribution in [-0.2, 0) is 14.3 Å². The van der Waals surface area contributed by atoms with E-state index in [-0.39, 0.29) is 31.3 Å². The number of carbonyl (C=O) groups is 3. The summed E-state index contributed by atoms with van der Waals surface area (Å²) in [5, 5.41) is 20.5. The summed E-state index contributed by atoms with van der Waals surface area (Å²) >= 11 is 0. The highest BCUT2D eigenvalue weighted by Gasteiger charge is 2.29. The number of rotatable bonds is 4. The lowest BCUT2D eigenvalue weighted by atomic mass is 9.94. The highest BCUT2D eigenvalue weighted by Crippen LogP contribution is 2.23. The van der Waals surface area contributed by atoms with E-state index in [0.717, 1.165) is 11.1 Å². The minimum Gasteiger partial charge on any atom is -0.444 e. The largest absolute Gasteiger partial charge is 0.444 e. The number of nitrogens with zero attached hydrogens (tertiary/aromatic N) is 3. The molecule has 0 aromatic heterocycles. The van der Waals surface area contributed by atoms with E-state index in [0.29, 0.717) is 22.3 Å². The van der Waals surface area contributed by atoms with Gasteiger partial charge in [0.1, 0.15) is 12.1 Å². The van der Waals surface area contributed by atoms with Gasteiger partial charge >= 0.3 is 6.09 Å². The molecule has 3 rings (SSSR count). The fourth-order valence-electron chi connectivity index (χ4n) is 3.50. The Kier molecular flexibility index (Phi) is 8.03. The predicted molar refractivity (Wildman–Crippen MR) is 134 cm³/mol. The fraction of sp³-hybridized carbons (Fsp3) is 0.250. The van der Waals surface area contributed by atoms with E-state index < -0.39 is 11.7 Å². The summed E-state index contributed by atoms with van der Waals surface area (Å²) in [6.07, 6.45) is 2.68. The average molecular weight is 483 g/mol. The summed E-state index contributed by atoms with van der Waals surface area (Å²) in [4.78, 5) is 39.7. The van der Waals surface area contributed by atoms with Crippen molar-refractivity contribution in [2.45, 2.75) is 26.4 Å². The Morgan fingerprint density at radius 2 is 1.36 bits per heavy atom. The van der Waals surface area contributed by atoms with Crippen molar-refractivity contribution in [2.24, 2.45) is 0 Å². The van der Waals surface area contributed by atoms with Crippen molar-refractivity contribution in [3.8, 4) is 12.1 Å². The van der Waals surface area contributed by atoms with Crippen molar-refractivity contribution in [1.29, 1.82) is 10.5 Å². The van der Waals surface area contributed by atoms with Gasteiger partial charge in [0.15, 0.2) is 5.78 Å². The van der Waals surface area contributed by atoms with Gasteiger partial charge < -0.3 is 15.0 Å². The summed E-state index contributed by atoms with van der Waals surface area (Å²) < 4.78 is 5.19. The lowest BCUT2D eigenvalue weighted by Gasteiger charge is -2.30. The summed E-state index contributed by atoms with van der Waals surface area (Å²) in [5.74, 6) is -0.572. The Balaban J connectivity index is 1.87. The first kappa shape index (κ1) is 25.9. The maximum Gasteiger partial charge on any atom is 0.408 e. The Bertz CT molecular complexity index is 1220. The van der Waals surface area contributed by atoms with Gasteiger partial charge in [-0.05, 0) is 68.3 Å². The molecule has 1 saturated heterocycles. The van der Waals surface area contributed by atoms with Crippen LogP contribution in [0.15, 0.2) is 59.7 Å². The summed E-state index contributed by atoms with van der Waals surface area (Å²) in [6, 6.07) is 17.6. The third-order valence-electron chi connectivity index (χ3n) is 5.20. The van der Waals surface area contributed by atoms with Crippen molar-refractivity contribution in [2.75, 3.05) is 19.6 Å². The second-order valence-electron chi connectivity index (χ2n) is 9.24. The number of Topliss-reactive ketones (excluding diaryl/α,β-unsaturated/α-hetero) is 1. The second-order valence-corrected chi connectivity index (χ2v) is 9.24. The van der Waals surface area contributed by atoms with Crippen LogP contribution in [0.25, 0.3) is 12.2 Å². The first-order valence-corrected chi connectivity index (χ1v) is 11.3. The monoisotopic (exact) mass is 482 g/mol. The highest BCUT2D eigenvalue weighted by atomic mass is 16.6. The molecule has 0 atom stereocenters. The lowest BCUT2D eigenvalue weighted by Crippen LogP contribution is -2.46. The molecule has 0 spiro atoms. The first-order valence-electron chi connectivity index (χ1n) is 11.3. The molecule has 36 heavy (non-hydrogen) atoms. The van der Waals surface area contributed by atoms with Crippen molar-refractivity contribution in [3.05, 3.63) is 81.9 Å². The Morgan fingerprint density at radius 3 is 1.75 bits per heavy atom. The second kappa shape index (κ2) is 11.2. The van der Waals surface area contributed by atoms with Crippen molar-refractivity contribution < 1.29 is 19.1 Å². The zero-order valence-corrected chi connectivity index (χ0v) is 20.4. The van der Waals surface area contributed by atoms with Crippen LogP contribution < -0.4 is 5.32 Å². The average Bonchev–Trinajstić information content (AvgIpc) is 2.84. The van der Waals surface area contributed by atoms with Gasteiger partial charge in [-0.1, -0.05) is 24.3 Å². The standard InChI is InChI=1S/C28H26N4O4/c1-28(2,3)36-27(35)31-16-25(33)32-17-23(12-19-4-8-21(14-29)9-5-19)26(34)24(18-32)13-20-6-10-22(15-30)11-7-20/h4-13H,16-18H2,1-3H3,(H,31,35)/b23-12+,24-13+. The molecule has 1 N–H and O–H groups in total. The Labute approximate surface area is 210 Å². The summed E-state index contributed by atoms with van der Waals surface area (Å²) in [5.41, 5.74) is 2.54. The van der Waals surface area contributed by atoms with Crippen LogP contribution in [0.2, 0.25) is 0 Å². The van der Waals surface area contributed by atoms with Gasteiger partial charge in [-0.15, -0.1) is 0 Å². The van der Waals surface area contributed by atoms with Gasteiger partial charge in [0, 0.05) is 24.2 Å². The third-order valence-corrected chi connectivity index (χ3v) is 5.20. The number of nitrogens with one attached hydrogen (secondary N) is 1. The smallest absolute Gasteiger partial charge is 0.408 e. The number of hydrogen-bond acceptors (Lipinski definition) is 6. The molecule has 8 heteroatoms. The SMILES string of the molecule is CC(C)(C)OC(=O)NCC(=O)N1C/C(=C\c2ccc(C#N)cc2)C(=O)/C(=C/c2ccc(C#N)cc2)C1. The van der Waals surface area contributed by atoms with E-state index in [2.05, 4.69) is 17.5 Å². The van der Waals surface area contributed by atoms with Gasteiger partial charge in [-0.25, -0.2) is 4.79 Å². The zero-order valence-electron chi connectivity index (χ0n) is 20.4. The van der Waals surface area contributed by atoms with Gasteiger partial charge in [0.25, 0.3) is 0 Å². The number of benzene rings is 2. The summed E-state index contributed by atoms with van der Waals surface area (Å²) in [7, 11) is 0. The molecule has 2 amide bonds. The molecular formula is C28H26N4O4. The molecule has 0 unspecified atom stereocenters. The summed E-state index contributed by atoms with van der Waals surface area (Å²) in [6.45, 7) is 5.04. The molecule has 0 radical (unpaired) electrons. The van der Waals surface area contributed by atoms with Gasteiger partial charge in [-0.2, -0.15) is 10.5 Å². The molecule has 1 fully saturated rings.